The average molecular weight is 243 g/mol. The van der Waals surface area contributed by atoms with E-state index in [-0.39, 0.29) is 5.69 Å². The summed E-state index contributed by atoms with van der Waals surface area (Å²) in [6.45, 7) is 0. The molecule has 0 saturated carbocycles. The third-order valence-corrected chi connectivity index (χ3v) is 3.25. The van der Waals surface area contributed by atoms with Gasteiger partial charge < -0.3 is 5.73 Å². The van der Waals surface area contributed by atoms with E-state index in [2.05, 4.69) is 10.2 Å². The summed E-state index contributed by atoms with van der Waals surface area (Å²) in [7, 11) is 3.52. The average Bonchev–Trinajstić information content (AvgIpc) is 2.89. The lowest BCUT2D eigenvalue weighted by Gasteiger charge is -2.01. The summed E-state index contributed by atoms with van der Waals surface area (Å²) < 4.78 is 3.24. The summed E-state index contributed by atoms with van der Waals surface area (Å²) in [4.78, 5) is 11.8. The number of hydrogen-bond donors (Lipinski definition) is 2. The Labute approximate surface area is 103 Å². The molecule has 0 saturated heterocycles. The van der Waals surface area contributed by atoms with Crippen molar-refractivity contribution in [3.63, 3.8) is 0 Å². The molecule has 0 spiro atoms. The van der Waals surface area contributed by atoms with Gasteiger partial charge in [0.1, 0.15) is 5.82 Å². The minimum atomic E-state index is -0.0395. The Kier molecular flexibility index (Phi) is 2.07. The van der Waals surface area contributed by atoms with Crippen molar-refractivity contribution in [1.29, 1.82) is 0 Å². The van der Waals surface area contributed by atoms with Crippen molar-refractivity contribution in [3.8, 4) is 11.1 Å². The number of aryl methyl sites for hydroxylation is 2. The quantitative estimate of drug-likeness (QED) is 0.664. The summed E-state index contributed by atoms with van der Waals surface area (Å²) >= 11 is 0. The number of aromatic nitrogens is 4. The number of imidazole rings is 1. The number of fused-ring (bicyclic) bond motifs is 1. The van der Waals surface area contributed by atoms with Gasteiger partial charge in [0.05, 0.1) is 17.2 Å². The number of nitrogens with zero attached hydrogens (tertiary/aromatic N) is 3. The van der Waals surface area contributed by atoms with Crippen molar-refractivity contribution in [1.82, 2.24) is 19.3 Å². The lowest BCUT2D eigenvalue weighted by atomic mass is 10.1. The smallest absolute Gasteiger partial charge is 0.328 e. The van der Waals surface area contributed by atoms with E-state index < -0.39 is 0 Å². The van der Waals surface area contributed by atoms with Crippen LogP contribution in [0.15, 0.2) is 29.2 Å². The van der Waals surface area contributed by atoms with Crippen LogP contribution in [-0.4, -0.2) is 19.3 Å². The largest absolute Gasteiger partial charge is 0.384 e. The normalized spacial score (nSPS) is 11.2. The fraction of sp³-hybridized carbons (Fsp3) is 0.167. The van der Waals surface area contributed by atoms with Crippen molar-refractivity contribution in [2.75, 3.05) is 5.73 Å². The molecule has 1 aromatic carbocycles. The van der Waals surface area contributed by atoms with Crippen LogP contribution in [0.5, 0.6) is 0 Å². The number of hydrogen-bond acceptors (Lipinski definition) is 3. The highest BCUT2D eigenvalue weighted by atomic mass is 16.1. The highest BCUT2D eigenvalue weighted by Gasteiger charge is 2.10. The zero-order valence-corrected chi connectivity index (χ0v) is 10.1. The van der Waals surface area contributed by atoms with Crippen molar-refractivity contribution >= 4 is 16.9 Å². The van der Waals surface area contributed by atoms with Crippen LogP contribution in [0.25, 0.3) is 22.2 Å². The van der Waals surface area contributed by atoms with E-state index >= 15 is 0 Å². The van der Waals surface area contributed by atoms with Crippen LogP contribution in [0, 0.1) is 0 Å². The van der Waals surface area contributed by atoms with Crippen LogP contribution in [0.3, 0.4) is 0 Å². The van der Waals surface area contributed by atoms with Gasteiger partial charge in [-0.3, -0.25) is 14.2 Å². The molecule has 0 radical (unpaired) electrons. The molecule has 0 fully saturated rings. The highest BCUT2D eigenvalue weighted by molar-refractivity contribution is 5.85. The van der Waals surface area contributed by atoms with Crippen molar-refractivity contribution in [2.45, 2.75) is 0 Å². The van der Waals surface area contributed by atoms with Crippen molar-refractivity contribution < 1.29 is 0 Å². The Morgan fingerprint density at radius 3 is 2.61 bits per heavy atom. The summed E-state index contributed by atoms with van der Waals surface area (Å²) in [5, 5.41) is 6.60. The Bertz CT molecular complexity index is 793. The van der Waals surface area contributed by atoms with Crippen LogP contribution in [0.2, 0.25) is 0 Å². The molecule has 92 valence electrons. The number of rotatable bonds is 1. The first-order valence-corrected chi connectivity index (χ1v) is 5.54. The molecule has 3 N–H and O–H groups in total. The zero-order chi connectivity index (χ0) is 12.9. The van der Waals surface area contributed by atoms with Gasteiger partial charge in [-0.25, -0.2) is 4.79 Å². The Hall–Kier alpha value is -2.50. The van der Waals surface area contributed by atoms with E-state index in [0.29, 0.717) is 5.82 Å². The van der Waals surface area contributed by atoms with Crippen LogP contribution in [-0.2, 0) is 14.1 Å². The van der Waals surface area contributed by atoms with Gasteiger partial charge in [-0.05, 0) is 17.7 Å². The molecule has 0 aliphatic rings. The lowest BCUT2D eigenvalue weighted by molar-refractivity contribution is 0.795. The minimum absolute atomic E-state index is 0.0395. The first-order chi connectivity index (χ1) is 8.59. The number of benzene rings is 1. The maximum Gasteiger partial charge on any atom is 0.328 e. The van der Waals surface area contributed by atoms with Gasteiger partial charge in [0.2, 0.25) is 0 Å². The van der Waals surface area contributed by atoms with Gasteiger partial charge in [0.15, 0.2) is 0 Å². The molecule has 0 atom stereocenters. The van der Waals surface area contributed by atoms with Crippen LogP contribution < -0.4 is 11.4 Å². The molecule has 3 aromatic rings. The Morgan fingerprint density at radius 2 is 1.94 bits per heavy atom. The first kappa shape index (κ1) is 10.6. The van der Waals surface area contributed by atoms with Gasteiger partial charge in [-0.1, -0.05) is 6.07 Å². The topological polar surface area (TPSA) is 81.6 Å². The number of aromatic amines is 1. The van der Waals surface area contributed by atoms with E-state index in [1.807, 2.05) is 18.2 Å². The third-order valence-electron chi connectivity index (χ3n) is 3.25. The van der Waals surface area contributed by atoms with Crippen LogP contribution in [0.1, 0.15) is 0 Å². The van der Waals surface area contributed by atoms with Crippen molar-refractivity contribution in [2.24, 2.45) is 14.1 Å². The molecule has 2 aromatic heterocycles. The fourth-order valence-corrected chi connectivity index (χ4v) is 2.20. The van der Waals surface area contributed by atoms with Crippen LogP contribution >= 0.6 is 0 Å². The molecule has 6 nitrogen and oxygen atoms in total. The van der Waals surface area contributed by atoms with E-state index in [0.717, 1.165) is 22.2 Å². The third kappa shape index (κ3) is 1.29. The minimum Gasteiger partial charge on any atom is -0.384 e. The standard InChI is InChI=1S/C12H13N5O/c1-16-9-4-3-7(8-6-14-15-11(8)13)5-10(9)17(2)12(16)18/h3-6H,1-2H3,(H3,13,14,15). The first-order valence-electron chi connectivity index (χ1n) is 5.54. The molecule has 6 heteroatoms. The molecule has 0 aliphatic carbocycles. The number of nitrogen functional groups attached to an aromatic ring is 1. The predicted octanol–water partition coefficient (Wildman–Crippen LogP) is 0.849. The number of nitrogens with one attached hydrogen (secondary N) is 1. The zero-order valence-electron chi connectivity index (χ0n) is 10.1. The second-order valence-corrected chi connectivity index (χ2v) is 4.30. The van der Waals surface area contributed by atoms with Gasteiger partial charge in [0.25, 0.3) is 0 Å². The summed E-state index contributed by atoms with van der Waals surface area (Å²) in [5.74, 6) is 0.523. The molecule has 0 amide bonds. The van der Waals surface area contributed by atoms with Gasteiger partial charge >= 0.3 is 5.69 Å². The molecule has 0 unspecified atom stereocenters. The summed E-state index contributed by atoms with van der Waals surface area (Å²) in [5.41, 5.74) is 9.31. The maximum absolute atomic E-state index is 11.8. The SMILES string of the molecule is Cn1c(=O)n(C)c2cc(-c3cn[nH]c3N)ccc21. The molecular formula is C12H13N5O. The molecular weight excluding hydrogens is 230 g/mol. The van der Waals surface area contributed by atoms with E-state index in [1.54, 1.807) is 29.4 Å². The maximum atomic E-state index is 11.8. The number of nitrogens with two attached hydrogens (primary N) is 1. The number of H-pyrrole nitrogens is 1. The monoisotopic (exact) mass is 243 g/mol. The van der Waals surface area contributed by atoms with E-state index in [4.69, 9.17) is 5.73 Å². The molecule has 0 aliphatic heterocycles. The highest BCUT2D eigenvalue weighted by Crippen LogP contribution is 2.26. The molecule has 0 bridgehead atoms. The summed E-state index contributed by atoms with van der Waals surface area (Å²) in [6.07, 6.45) is 1.68. The van der Waals surface area contributed by atoms with E-state index in [1.165, 1.54) is 0 Å². The second-order valence-electron chi connectivity index (χ2n) is 4.30. The number of anilines is 1. The molecule has 3 rings (SSSR count). The van der Waals surface area contributed by atoms with Crippen LogP contribution in [0.4, 0.5) is 5.82 Å². The predicted molar refractivity (Wildman–Crippen MR) is 70.2 cm³/mol. The second kappa shape index (κ2) is 3.49. The summed E-state index contributed by atoms with van der Waals surface area (Å²) in [6, 6.07) is 5.79. The van der Waals surface area contributed by atoms with Gasteiger partial charge in [-0.2, -0.15) is 5.10 Å². The Morgan fingerprint density at radius 1 is 1.22 bits per heavy atom. The lowest BCUT2D eigenvalue weighted by Crippen LogP contribution is -2.19. The molecule has 18 heavy (non-hydrogen) atoms. The van der Waals surface area contributed by atoms with Gasteiger partial charge in [-0.15, -0.1) is 0 Å². The van der Waals surface area contributed by atoms with E-state index in [9.17, 15) is 4.79 Å². The molecule has 2 heterocycles. The Balaban J connectivity index is 2.33. The van der Waals surface area contributed by atoms with Crippen molar-refractivity contribution in [3.05, 3.63) is 34.9 Å². The van der Waals surface area contributed by atoms with Gasteiger partial charge in [0, 0.05) is 19.7 Å². The fourth-order valence-electron chi connectivity index (χ4n) is 2.20.